The highest BCUT2D eigenvalue weighted by atomic mass is 19.1. The van der Waals surface area contributed by atoms with Crippen molar-refractivity contribution in [3.63, 3.8) is 0 Å². The van der Waals surface area contributed by atoms with Crippen LogP contribution in [0.1, 0.15) is 15.9 Å². The Bertz CT molecular complexity index is 614. The number of amides is 1. The van der Waals surface area contributed by atoms with Gasteiger partial charge < -0.3 is 10.4 Å². The van der Waals surface area contributed by atoms with Gasteiger partial charge in [0.2, 0.25) is 0 Å². The van der Waals surface area contributed by atoms with Crippen molar-refractivity contribution in [2.24, 2.45) is 0 Å². The molecule has 2 rings (SSSR count). The second-order valence-corrected chi connectivity index (χ2v) is 3.94. The number of para-hydroxylation sites is 1. The number of aromatic hydroxyl groups is 1. The smallest absolute Gasteiger partial charge is 0.254 e. The van der Waals surface area contributed by atoms with E-state index in [9.17, 15) is 18.7 Å². The number of carbonyl (C=O) groups excluding carboxylic acids is 1. The fourth-order valence-corrected chi connectivity index (χ4v) is 1.60. The van der Waals surface area contributed by atoms with E-state index in [2.05, 4.69) is 5.32 Å². The molecule has 0 atom stereocenters. The Morgan fingerprint density at radius 1 is 1.16 bits per heavy atom. The molecule has 0 aromatic heterocycles. The first kappa shape index (κ1) is 13.0. The van der Waals surface area contributed by atoms with Gasteiger partial charge in [0.1, 0.15) is 17.4 Å². The predicted octanol–water partition coefficient (Wildman–Crippen LogP) is 2.60. The third kappa shape index (κ3) is 3.07. The van der Waals surface area contributed by atoms with Crippen LogP contribution in [0.2, 0.25) is 0 Å². The Kier molecular flexibility index (Phi) is 3.75. The molecule has 0 aliphatic heterocycles. The van der Waals surface area contributed by atoms with Crippen LogP contribution in [0.25, 0.3) is 0 Å². The lowest BCUT2D eigenvalue weighted by Crippen LogP contribution is -2.24. The van der Waals surface area contributed by atoms with Gasteiger partial charge in [-0.05, 0) is 24.3 Å². The van der Waals surface area contributed by atoms with E-state index < -0.39 is 17.5 Å². The average Bonchev–Trinajstić information content (AvgIpc) is 2.40. The highest BCUT2D eigenvalue weighted by Crippen LogP contribution is 2.15. The number of nitrogens with one attached hydrogen (secondary N) is 1. The Hall–Kier alpha value is -2.43. The lowest BCUT2D eigenvalue weighted by atomic mass is 10.1. The lowest BCUT2D eigenvalue weighted by molar-refractivity contribution is 0.0946. The molecule has 98 valence electrons. The molecule has 19 heavy (non-hydrogen) atoms. The summed E-state index contributed by atoms with van der Waals surface area (Å²) in [5.74, 6) is -2.19. The summed E-state index contributed by atoms with van der Waals surface area (Å²) in [4.78, 5) is 11.7. The molecule has 2 aromatic rings. The number of benzene rings is 2. The molecule has 1 amide bonds. The molecule has 0 aliphatic carbocycles. The number of halogens is 2. The van der Waals surface area contributed by atoms with Gasteiger partial charge in [-0.3, -0.25) is 4.79 Å². The monoisotopic (exact) mass is 263 g/mol. The number of phenols is 1. The summed E-state index contributed by atoms with van der Waals surface area (Å²) in [6.07, 6.45) is 0. The van der Waals surface area contributed by atoms with E-state index >= 15 is 0 Å². The van der Waals surface area contributed by atoms with Gasteiger partial charge in [0, 0.05) is 12.1 Å². The number of phenolic OH excluding ortho intramolecular Hbond substituents is 1. The Morgan fingerprint density at radius 2 is 1.89 bits per heavy atom. The first-order valence-corrected chi connectivity index (χ1v) is 5.58. The van der Waals surface area contributed by atoms with Gasteiger partial charge in [0.05, 0.1) is 5.56 Å². The van der Waals surface area contributed by atoms with Crippen LogP contribution >= 0.6 is 0 Å². The van der Waals surface area contributed by atoms with Gasteiger partial charge in [-0.25, -0.2) is 8.78 Å². The number of hydrogen-bond donors (Lipinski definition) is 2. The third-order valence-corrected chi connectivity index (χ3v) is 2.60. The van der Waals surface area contributed by atoms with Crippen molar-refractivity contribution in [2.75, 3.05) is 0 Å². The van der Waals surface area contributed by atoms with Crippen LogP contribution < -0.4 is 5.32 Å². The third-order valence-electron chi connectivity index (χ3n) is 2.60. The zero-order chi connectivity index (χ0) is 13.8. The summed E-state index contributed by atoms with van der Waals surface area (Å²) in [6.45, 7) is 0.0292. The SMILES string of the molecule is O=C(NCc1ccccc1O)c1cc(F)ccc1F. The maximum absolute atomic E-state index is 13.3. The quantitative estimate of drug-likeness (QED) is 0.894. The van der Waals surface area contributed by atoms with Crippen LogP contribution in [-0.2, 0) is 6.54 Å². The summed E-state index contributed by atoms with van der Waals surface area (Å²) < 4.78 is 26.3. The van der Waals surface area contributed by atoms with Gasteiger partial charge >= 0.3 is 0 Å². The van der Waals surface area contributed by atoms with Crippen LogP contribution in [0.4, 0.5) is 8.78 Å². The Morgan fingerprint density at radius 3 is 2.63 bits per heavy atom. The van der Waals surface area contributed by atoms with Crippen LogP contribution in [-0.4, -0.2) is 11.0 Å². The van der Waals surface area contributed by atoms with Crippen molar-refractivity contribution >= 4 is 5.91 Å². The van der Waals surface area contributed by atoms with Crippen molar-refractivity contribution in [2.45, 2.75) is 6.54 Å². The fraction of sp³-hybridized carbons (Fsp3) is 0.0714. The Labute approximate surface area is 108 Å². The summed E-state index contributed by atoms with van der Waals surface area (Å²) >= 11 is 0. The van der Waals surface area contributed by atoms with Gasteiger partial charge in [-0.15, -0.1) is 0 Å². The van der Waals surface area contributed by atoms with E-state index in [1.54, 1.807) is 18.2 Å². The van der Waals surface area contributed by atoms with Crippen molar-refractivity contribution in [3.05, 3.63) is 65.2 Å². The standard InChI is InChI=1S/C14H11F2NO2/c15-10-5-6-12(16)11(7-10)14(19)17-8-9-3-1-2-4-13(9)18/h1-7,18H,8H2,(H,17,19). The van der Waals surface area contributed by atoms with Gasteiger partial charge in [-0.2, -0.15) is 0 Å². The summed E-state index contributed by atoms with van der Waals surface area (Å²) in [7, 11) is 0. The summed E-state index contributed by atoms with van der Waals surface area (Å²) in [6, 6.07) is 9.10. The van der Waals surface area contributed by atoms with Crippen LogP contribution in [0.3, 0.4) is 0 Å². The van der Waals surface area contributed by atoms with Gasteiger partial charge in [0.25, 0.3) is 5.91 Å². The Balaban J connectivity index is 2.10. The maximum atomic E-state index is 13.3. The van der Waals surface area contributed by atoms with Crippen molar-refractivity contribution in [1.29, 1.82) is 0 Å². The molecule has 0 aliphatic rings. The van der Waals surface area contributed by atoms with E-state index in [1.165, 1.54) is 6.07 Å². The molecule has 0 heterocycles. The largest absolute Gasteiger partial charge is 0.508 e. The number of carbonyl (C=O) groups is 1. The molecule has 5 heteroatoms. The van der Waals surface area contributed by atoms with E-state index in [1.807, 2.05) is 0 Å². The van der Waals surface area contributed by atoms with E-state index in [0.717, 1.165) is 18.2 Å². The van der Waals surface area contributed by atoms with Crippen LogP contribution in [0, 0.1) is 11.6 Å². The first-order chi connectivity index (χ1) is 9.08. The molecule has 0 bridgehead atoms. The first-order valence-electron chi connectivity index (χ1n) is 5.58. The average molecular weight is 263 g/mol. The number of hydrogen-bond acceptors (Lipinski definition) is 2. The molecule has 0 saturated heterocycles. The molecule has 0 saturated carbocycles. The van der Waals surface area contributed by atoms with Crippen molar-refractivity contribution < 1.29 is 18.7 Å². The summed E-state index contributed by atoms with van der Waals surface area (Å²) in [5.41, 5.74) is 0.128. The zero-order valence-electron chi connectivity index (χ0n) is 9.86. The zero-order valence-corrected chi connectivity index (χ0v) is 9.86. The van der Waals surface area contributed by atoms with E-state index in [0.29, 0.717) is 5.56 Å². The highest BCUT2D eigenvalue weighted by Gasteiger charge is 2.12. The molecular formula is C14H11F2NO2. The summed E-state index contributed by atoms with van der Waals surface area (Å²) in [5, 5.41) is 11.9. The minimum absolute atomic E-state index is 0.0292. The molecular weight excluding hydrogens is 252 g/mol. The predicted molar refractivity (Wildman–Crippen MR) is 65.6 cm³/mol. The van der Waals surface area contributed by atoms with Crippen molar-refractivity contribution in [3.8, 4) is 5.75 Å². The lowest BCUT2D eigenvalue weighted by Gasteiger charge is -2.07. The molecule has 3 nitrogen and oxygen atoms in total. The normalized spacial score (nSPS) is 10.2. The molecule has 0 radical (unpaired) electrons. The highest BCUT2D eigenvalue weighted by molar-refractivity contribution is 5.94. The topological polar surface area (TPSA) is 49.3 Å². The minimum Gasteiger partial charge on any atom is -0.508 e. The van der Waals surface area contributed by atoms with E-state index in [4.69, 9.17) is 0 Å². The fourth-order valence-electron chi connectivity index (χ4n) is 1.60. The van der Waals surface area contributed by atoms with E-state index in [-0.39, 0.29) is 17.9 Å². The second kappa shape index (κ2) is 5.48. The molecule has 0 unspecified atom stereocenters. The van der Waals surface area contributed by atoms with Crippen LogP contribution in [0.5, 0.6) is 5.75 Å². The van der Waals surface area contributed by atoms with Crippen LogP contribution in [0.15, 0.2) is 42.5 Å². The molecule has 2 aromatic carbocycles. The molecule has 0 fully saturated rings. The van der Waals surface area contributed by atoms with Gasteiger partial charge in [-0.1, -0.05) is 18.2 Å². The van der Waals surface area contributed by atoms with Gasteiger partial charge in [0.15, 0.2) is 0 Å². The molecule has 0 spiro atoms. The minimum atomic E-state index is -0.795. The van der Waals surface area contributed by atoms with Crippen molar-refractivity contribution in [1.82, 2.24) is 5.32 Å². The maximum Gasteiger partial charge on any atom is 0.254 e. The second-order valence-electron chi connectivity index (χ2n) is 3.94. The number of rotatable bonds is 3. The molecule has 2 N–H and O–H groups in total.